The summed E-state index contributed by atoms with van der Waals surface area (Å²) in [5.74, 6) is 2.46. The van der Waals surface area contributed by atoms with Crippen LogP contribution in [0, 0.1) is 5.92 Å². The number of methoxy groups -OCH3 is 2. The van der Waals surface area contributed by atoms with Crippen LogP contribution in [-0.2, 0) is 13.0 Å². The maximum Gasteiger partial charge on any atom is 0.161 e. The molecule has 2 heterocycles. The molecule has 4 heteroatoms. The van der Waals surface area contributed by atoms with E-state index < -0.39 is 0 Å². The summed E-state index contributed by atoms with van der Waals surface area (Å²) in [5.41, 5.74) is 2.79. The Morgan fingerprint density at radius 3 is 2.48 bits per heavy atom. The quantitative estimate of drug-likeness (QED) is 0.924. The zero-order valence-electron chi connectivity index (χ0n) is 13.3. The van der Waals surface area contributed by atoms with E-state index >= 15 is 0 Å². The first-order valence-electron chi connectivity index (χ1n) is 7.89. The van der Waals surface area contributed by atoms with Crippen molar-refractivity contribution in [2.75, 3.05) is 33.9 Å². The Balaban J connectivity index is 1.78. The minimum Gasteiger partial charge on any atom is -0.493 e. The van der Waals surface area contributed by atoms with Gasteiger partial charge in [-0.15, -0.1) is 0 Å². The topological polar surface area (TPSA) is 33.7 Å². The van der Waals surface area contributed by atoms with Gasteiger partial charge in [-0.2, -0.15) is 0 Å². The van der Waals surface area contributed by atoms with Crippen LogP contribution in [0.15, 0.2) is 12.1 Å². The highest BCUT2D eigenvalue weighted by Gasteiger charge is 2.28. The fourth-order valence-electron chi connectivity index (χ4n) is 3.62. The van der Waals surface area contributed by atoms with Crippen LogP contribution in [0.1, 0.15) is 24.5 Å². The number of hydrogen-bond acceptors (Lipinski definition) is 4. The van der Waals surface area contributed by atoms with E-state index in [-0.39, 0.29) is 0 Å². The minimum atomic E-state index is 0.662. The molecule has 0 bridgehead atoms. The van der Waals surface area contributed by atoms with E-state index in [0.29, 0.717) is 6.04 Å². The van der Waals surface area contributed by atoms with Crippen molar-refractivity contribution in [3.8, 4) is 11.5 Å². The molecule has 1 aromatic rings. The summed E-state index contributed by atoms with van der Waals surface area (Å²) in [4.78, 5) is 2.62. The first kappa shape index (κ1) is 14.7. The number of hydrogen-bond donors (Lipinski definition) is 1. The Hall–Kier alpha value is -1.26. The molecule has 1 aromatic carbocycles. The summed E-state index contributed by atoms with van der Waals surface area (Å²) in [6.45, 7) is 6.78. The van der Waals surface area contributed by atoms with Gasteiger partial charge in [-0.3, -0.25) is 4.90 Å². The molecular weight excluding hydrogens is 264 g/mol. The Kier molecular flexibility index (Phi) is 4.36. The highest BCUT2D eigenvalue weighted by atomic mass is 16.5. The molecule has 0 amide bonds. The smallest absolute Gasteiger partial charge is 0.161 e. The van der Waals surface area contributed by atoms with Gasteiger partial charge in [-0.1, -0.05) is 6.92 Å². The molecule has 3 rings (SSSR count). The summed E-state index contributed by atoms with van der Waals surface area (Å²) in [6, 6.07) is 4.96. The van der Waals surface area contributed by atoms with Crippen LogP contribution in [0.25, 0.3) is 0 Å². The lowest BCUT2D eigenvalue weighted by Gasteiger charge is -2.39. The Morgan fingerprint density at radius 2 is 1.81 bits per heavy atom. The molecule has 2 unspecified atom stereocenters. The van der Waals surface area contributed by atoms with Crippen molar-refractivity contribution in [3.63, 3.8) is 0 Å². The Bertz CT molecular complexity index is 504. The molecule has 0 spiro atoms. The molecule has 116 valence electrons. The van der Waals surface area contributed by atoms with Gasteiger partial charge in [-0.25, -0.2) is 0 Å². The number of nitrogens with one attached hydrogen (secondary N) is 1. The molecule has 0 saturated carbocycles. The van der Waals surface area contributed by atoms with Crippen molar-refractivity contribution in [2.45, 2.75) is 32.4 Å². The highest BCUT2D eigenvalue weighted by molar-refractivity contribution is 5.48. The normalized spacial score (nSPS) is 26.2. The predicted octanol–water partition coefficient (Wildman–Crippen LogP) is 2.06. The number of fused-ring (bicyclic) bond motifs is 1. The van der Waals surface area contributed by atoms with E-state index in [2.05, 4.69) is 29.3 Å². The van der Waals surface area contributed by atoms with Gasteiger partial charge in [0.25, 0.3) is 0 Å². The van der Waals surface area contributed by atoms with Gasteiger partial charge in [0.2, 0.25) is 0 Å². The first-order valence-corrected chi connectivity index (χ1v) is 7.89. The monoisotopic (exact) mass is 290 g/mol. The van der Waals surface area contributed by atoms with Gasteiger partial charge < -0.3 is 14.8 Å². The van der Waals surface area contributed by atoms with Crippen molar-refractivity contribution < 1.29 is 9.47 Å². The zero-order valence-corrected chi connectivity index (χ0v) is 13.3. The Labute approximate surface area is 127 Å². The van der Waals surface area contributed by atoms with Crippen LogP contribution in [-0.4, -0.2) is 44.8 Å². The summed E-state index contributed by atoms with van der Waals surface area (Å²) < 4.78 is 10.9. The minimum absolute atomic E-state index is 0.662. The van der Waals surface area contributed by atoms with E-state index in [1.165, 1.54) is 17.5 Å². The molecule has 2 atom stereocenters. The standard InChI is InChI=1S/C17H26N2O2/c1-12-6-15(10-18-9-12)19-5-4-13-7-16(20-2)17(21-3)8-14(13)11-19/h7-8,12,15,18H,4-6,9-11H2,1-3H3. The number of piperidine rings is 1. The van der Waals surface area contributed by atoms with Gasteiger partial charge in [0.05, 0.1) is 14.2 Å². The number of benzene rings is 1. The highest BCUT2D eigenvalue weighted by Crippen LogP contribution is 2.34. The third-order valence-electron chi connectivity index (χ3n) is 4.81. The summed E-state index contributed by atoms with van der Waals surface area (Å²) in [5, 5.41) is 3.56. The lowest BCUT2D eigenvalue weighted by Crippen LogP contribution is -2.49. The average molecular weight is 290 g/mol. The maximum atomic E-state index is 5.44. The van der Waals surface area contributed by atoms with Crippen LogP contribution in [0.5, 0.6) is 11.5 Å². The SMILES string of the molecule is COc1cc2c(cc1OC)CN(C1CNCC(C)C1)CC2. The van der Waals surface area contributed by atoms with Crippen LogP contribution in [0.3, 0.4) is 0 Å². The van der Waals surface area contributed by atoms with Crippen LogP contribution < -0.4 is 14.8 Å². The average Bonchev–Trinajstić information content (AvgIpc) is 2.53. The van der Waals surface area contributed by atoms with Crippen molar-refractivity contribution in [3.05, 3.63) is 23.3 Å². The molecule has 2 aliphatic rings. The summed E-state index contributed by atoms with van der Waals surface area (Å²) in [6.07, 6.45) is 2.40. The van der Waals surface area contributed by atoms with Gasteiger partial charge in [0, 0.05) is 25.7 Å². The number of ether oxygens (including phenoxy) is 2. The summed E-state index contributed by atoms with van der Waals surface area (Å²) >= 11 is 0. The van der Waals surface area contributed by atoms with E-state index in [0.717, 1.165) is 50.0 Å². The largest absolute Gasteiger partial charge is 0.493 e. The van der Waals surface area contributed by atoms with Crippen molar-refractivity contribution >= 4 is 0 Å². The summed E-state index contributed by atoms with van der Waals surface area (Å²) in [7, 11) is 3.41. The number of rotatable bonds is 3. The second-order valence-electron chi connectivity index (χ2n) is 6.35. The third kappa shape index (κ3) is 3.01. The van der Waals surface area contributed by atoms with Gasteiger partial charge in [0.15, 0.2) is 11.5 Å². The molecule has 1 fully saturated rings. The van der Waals surface area contributed by atoms with Crippen molar-refractivity contribution in [1.29, 1.82) is 0 Å². The molecule has 0 radical (unpaired) electrons. The van der Waals surface area contributed by atoms with E-state index in [9.17, 15) is 0 Å². The van der Waals surface area contributed by atoms with Crippen LogP contribution in [0.4, 0.5) is 0 Å². The van der Waals surface area contributed by atoms with E-state index in [1.54, 1.807) is 14.2 Å². The van der Waals surface area contributed by atoms with E-state index in [4.69, 9.17) is 9.47 Å². The van der Waals surface area contributed by atoms with Crippen LogP contribution >= 0.6 is 0 Å². The van der Waals surface area contributed by atoms with Crippen molar-refractivity contribution in [2.24, 2.45) is 5.92 Å². The van der Waals surface area contributed by atoms with Gasteiger partial charge >= 0.3 is 0 Å². The second-order valence-corrected chi connectivity index (χ2v) is 6.35. The molecule has 0 aliphatic carbocycles. The number of nitrogens with zero attached hydrogens (tertiary/aromatic N) is 1. The molecule has 2 aliphatic heterocycles. The molecular formula is C17H26N2O2. The van der Waals surface area contributed by atoms with Crippen LogP contribution in [0.2, 0.25) is 0 Å². The third-order valence-corrected chi connectivity index (χ3v) is 4.81. The Morgan fingerprint density at radius 1 is 1.10 bits per heavy atom. The first-order chi connectivity index (χ1) is 10.2. The molecule has 1 saturated heterocycles. The fourth-order valence-corrected chi connectivity index (χ4v) is 3.62. The molecule has 21 heavy (non-hydrogen) atoms. The predicted molar refractivity (Wildman–Crippen MR) is 84.1 cm³/mol. The lowest BCUT2D eigenvalue weighted by molar-refractivity contribution is 0.131. The van der Waals surface area contributed by atoms with Crippen molar-refractivity contribution in [1.82, 2.24) is 10.2 Å². The van der Waals surface area contributed by atoms with E-state index in [1.807, 2.05) is 0 Å². The fraction of sp³-hybridized carbons (Fsp3) is 0.647. The van der Waals surface area contributed by atoms with Gasteiger partial charge in [0.1, 0.15) is 0 Å². The van der Waals surface area contributed by atoms with Gasteiger partial charge in [-0.05, 0) is 48.6 Å². The zero-order chi connectivity index (χ0) is 14.8. The molecule has 0 aromatic heterocycles. The maximum absolute atomic E-state index is 5.44. The lowest BCUT2D eigenvalue weighted by atomic mass is 9.92. The second kappa shape index (κ2) is 6.24. The molecule has 1 N–H and O–H groups in total. The molecule has 4 nitrogen and oxygen atoms in total.